The monoisotopic (exact) mass is 311 g/mol. The fourth-order valence-corrected chi connectivity index (χ4v) is 2.79. The number of carbonyl (C=O) groups is 4. The highest BCUT2D eigenvalue weighted by Crippen LogP contribution is 2.27. The summed E-state index contributed by atoms with van der Waals surface area (Å²) in [5.74, 6) is -2.19. The summed E-state index contributed by atoms with van der Waals surface area (Å²) in [7, 11) is 1.56. The van der Waals surface area contributed by atoms with Crippen LogP contribution in [0.1, 0.15) is 32.1 Å². The summed E-state index contributed by atoms with van der Waals surface area (Å²) < 4.78 is 4.86. The van der Waals surface area contributed by atoms with E-state index in [4.69, 9.17) is 4.74 Å². The fraction of sp³-hybridized carbons (Fsp3) is 0.714. The van der Waals surface area contributed by atoms with Crippen LogP contribution in [0.25, 0.3) is 0 Å². The number of ether oxygens (including phenoxy) is 1. The number of carbonyl (C=O) groups excluding carboxylic acids is 4. The van der Waals surface area contributed by atoms with Crippen LogP contribution in [0.2, 0.25) is 0 Å². The van der Waals surface area contributed by atoms with Crippen LogP contribution in [0.5, 0.6) is 0 Å². The molecule has 0 aromatic heterocycles. The molecule has 0 aromatic rings. The molecule has 0 unspecified atom stereocenters. The second-order valence-electron chi connectivity index (χ2n) is 5.48. The van der Waals surface area contributed by atoms with E-state index in [1.54, 1.807) is 7.11 Å². The summed E-state index contributed by atoms with van der Waals surface area (Å²) in [6.07, 6.45) is 3.96. The van der Waals surface area contributed by atoms with E-state index in [1.165, 1.54) is 0 Å². The number of nitrogens with one attached hydrogen (secondary N) is 1. The van der Waals surface area contributed by atoms with Crippen molar-refractivity contribution in [3.8, 4) is 0 Å². The normalized spacial score (nSPS) is 19.4. The fourth-order valence-electron chi connectivity index (χ4n) is 2.79. The maximum absolute atomic E-state index is 12.2. The lowest BCUT2D eigenvalue weighted by Gasteiger charge is -2.20. The first-order valence-electron chi connectivity index (χ1n) is 7.51. The molecule has 122 valence electrons. The molecular formula is C14H21N3O5. The Balaban J connectivity index is 1.90. The average molecular weight is 311 g/mol. The Kier molecular flexibility index (Phi) is 5.48. The van der Waals surface area contributed by atoms with Gasteiger partial charge in [0.05, 0.1) is 0 Å². The number of hydrogen-bond acceptors (Lipinski definition) is 5. The van der Waals surface area contributed by atoms with Crippen LogP contribution in [-0.4, -0.2) is 66.4 Å². The maximum Gasteiger partial charge on any atom is 0.334 e. The van der Waals surface area contributed by atoms with Crippen molar-refractivity contribution in [1.82, 2.24) is 15.1 Å². The molecule has 1 saturated heterocycles. The molecule has 2 fully saturated rings. The lowest BCUT2D eigenvalue weighted by molar-refractivity contribution is -0.144. The zero-order chi connectivity index (χ0) is 16.1. The van der Waals surface area contributed by atoms with E-state index in [9.17, 15) is 19.2 Å². The van der Waals surface area contributed by atoms with Gasteiger partial charge in [0.1, 0.15) is 6.54 Å². The Morgan fingerprint density at radius 3 is 2.55 bits per heavy atom. The van der Waals surface area contributed by atoms with Gasteiger partial charge in [-0.15, -0.1) is 0 Å². The number of methoxy groups -OCH3 is 1. The van der Waals surface area contributed by atoms with Crippen LogP contribution < -0.4 is 5.32 Å². The quantitative estimate of drug-likeness (QED) is 0.401. The van der Waals surface area contributed by atoms with E-state index < -0.39 is 30.3 Å². The van der Waals surface area contributed by atoms with Crippen molar-refractivity contribution in [2.75, 3.05) is 26.8 Å². The lowest BCUT2D eigenvalue weighted by atomic mass is 10.2. The van der Waals surface area contributed by atoms with E-state index in [2.05, 4.69) is 5.32 Å². The Bertz CT molecular complexity index is 473. The van der Waals surface area contributed by atoms with Gasteiger partial charge in [-0.2, -0.15) is 0 Å². The van der Waals surface area contributed by atoms with Gasteiger partial charge in [-0.25, -0.2) is 9.69 Å². The molecule has 1 heterocycles. The van der Waals surface area contributed by atoms with Crippen molar-refractivity contribution in [3.05, 3.63) is 0 Å². The second kappa shape index (κ2) is 7.35. The number of amides is 5. The van der Waals surface area contributed by atoms with Gasteiger partial charge < -0.3 is 10.1 Å². The number of nitrogens with zero attached hydrogens (tertiary/aromatic N) is 2. The Hall–Kier alpha value is -1.96. The molecule has 2 aliphatic rings. The van der Waals surface area contributed by atoms with Gasteiger partial charge in [0.15, 0.2) is 0 Å². The van der Waals surface area contributed by atoms with Gasteiger partial charge in [-0.1, -0.05) is 12.8 Å². The highest BCUT2D eigenvalue weighted by Gasteiger charge is 2.48. The molecule has 0 atom stereocenters. The summed E-state index contributed by atoms with van der Waals surface area (Å²) >= 11 is 0. The molecule has 1 saturated carbocycles. The van der Waals surface area contributed by atoms with E-state index in [0.717, 1.165) is 35.5 Å². The zero-order valence-electron chi connectivity index (χ0n) is 12.7. The molecule has 1 N–H and O–H groups in total. The van der Waals surface area contributed by atoms with Crippen LogP contribution >= 0.6 is 0 Å². The molecule has 0 bridgehead atoms. The highest BCUT2D eigenvalue weighted by molar-refractivity contribution is 6.45. The predicted molar refractivity (Wildman–Crippen MR) is 75.7 cm³/mol. The van der Waals surface area contributed by atoms with Gasteiger partial charge in [0.25, 0.3) is 0 Å². The van der Waals surface area contributed by atoms with Gasteiger partial charge in [0, 0.05) is 26.3 Å². The van der Waals surface area contributed by atoms with Crippen molar-refractivity contribution in [1.29, 1.82) is 0 Å². The van der Waals surface area contributed by atoms with Gasteiger partial charge >= 0.3 is 17.8 Å². The number of imide groups is 2. The lowest BCUT2D eigenvalue weighted by Crippen LogP contribution is -2.43. The van der Waals surface area contributed by atoms with Gasteiger partial charge in [0.2, 0.25) is 5.91 Å². The summed E-state index contributed by atoms with van der Waals surface area (Å²) in [6, 6.07) is -0.882. The number of hydrogen-bond donors (Lipinski definition) is 1. The van der Waals surface area contributed by atoms with E-state index in [-0.39, 0.29) is 6.04 Å². The number of rotatable bonds is 7. The first kappa shape index (κ1) is 16.4. The van der Waals surface area contributed by atoms with Crippen LogP contribution in [0.4, 0.5) is 4.79 Å². The molecule has 1 aliphatic carbocycles. The Labute approximate surface area is 128 Å². The summed E-state index contributed by atoms with van der Waals surface area (Å²) in [5.41, 5.74) is 0. The van der Waals surface area contributed by atoms with Crippen molar-refractivity contribution in [3.63, 3.8) is 0 Å². The van der Waals surface area contributed by atoms with Crippen molar-refractivity contribution < 1.29 is 23.9 Å². The first-order valence-corrected chi connectivity index (χ1v) is 7.51. The Morgan fingerprint density at radius 1 is 1.23 bits per heavy atom. The molecule has 1 aliphatic heterocycles. The summed E-state index contributed by atoms with van der Waals surface area (Å²) in [4.78, 5) is 49.6. The molecule has 2 rings (SSSR count). The number of urea groups is 1. The Morgan fingerprint density at radius 2 is 1.91 bits per heavy atom. The minimum absolute atomic E-state index is 0.210. The van der Waals surface area contributed by atoms with Gasteiger partial charge in [-0.05, 0) is 19.3 Å². The van der Waals surface area contributed by atoms with E-state index in [0.29, 0.717) is 19.6 Å². The third-order valence-corrected chi connectivity index (χ3v) is 3.92. The SMILES string of the molecule is COCCCNC(=O)CN1C(=O)C(=O)N(C2CCCC2)C1=O. The smallest absolute Gasteiger partial charge is 0.334 e. The molecule has 22 heavy (non-hydrogen) atoms. The molecule has 8 heteroatoms. The largest absolute Gasteiger partial charge is 0.385 e. The minimum Gasteiger partial charge on any atom is -0.385 e. The zero-order valence-corrected chi connectivity index (χ0v) is 12.7. The molecule has 8 nitrogen and oxygen atoms in total. The molecule has 5 amide bonds. The predicted octanol–water partition coefficient (Wildman–Crippen LogP) is -0.127. The molecule has 0 spiro atoms. The van der Waals surface area contributed by atoms with Crippen molar-refractivity contribution in [2.24, 2.45) is 0 Å². The third-order valence-electron chi connectivity index (χ3n) is 3.92. The van der Waals surface area contributed by atoms with Crippen molar-refractivity contribution >= 4 is 23.8 Å². The van der Waals surface area contributed by atoms with Crippen molar-refractivity contribution in [2.45, 2.75) is 38.1 Å². The topological polar surface area (TPSA) is 96.0 Å². The van der Waals surface area contributed by atoms with E-state index in [1.807, 2.05) is 0 Å². The third kappa shape index (κ3) is 3.44. The second-order valence-corrected chi connectivity index (χ2v) is 5.48. The molecule has 0 radical (unpaired) electrons. The van der Waals surface area contributed by atoms with Gasteiger partial charge in [-0.3, -0.25) is 19.3 Å². The first-order chi connectivity index (χ1) is 10.6. The summed E-state index contributed by atoms with van der Waals surface area (Å²) in [6.45, 7) is 0.485. The maximum atomic E-state index is 12.2. The van der Waals surface area contributed by atoms with Crippen LogP contribution in [0.15, 0.2) is 0 Å². The van der Waals surface area contributed by atoms with E-state index >= 15 is 0 Å². The average Bonchev–Trinajstić information content (AvgIpc) is 3.08. The standard InChI is InChI=1S/C14H21N3O5/c1-22-8-4-7-15-11(18)9-16-12(19)13(20)17(14(16)21)10-5-2-3-6-10/h10H,2-9H2,1H3,(H,15,18). The van der Waals surface area contributed by atoms with Crippen LogP contribution in [0.3, 0.4) is 0 Å². The molecular weight excluding hydrogens is 290 g/mol. The highest BCUT2D eigenvalue weighted by atomic mass is 16.5. The summed E-state index contributed by atoms with van der Waals surface area (Å²) in [5, 5.41) is 2.59. The van der Waals surface area contributed by atoms with Crippen LogP contribution in [0, 0.1) is 0 Å². The van der Waals surface area contributed by atoms with Crippen LogP contribution in [-0.2, 0) is 19.1 Å². The molecule has 0 aromatic carbocycles. The minimum atomic E-state index is -0.913.